The first-order chi connectivity index (χ1) is 13.1. The first-order valence-electron chi connectivity index (χ1n) is 8.77. The lowest BCUT2D eigenvalue weighted by atomic mass is 9.98. The largest absolute Gasteiger partial charge is 0.368 e. The molecule has 0 bridgehead atoms. The smallest absolute Gasteiger partial charge is 0.263 e. The number of nitrogens with zero attached hydrogens (tertiary/aromatic N) is 3. The molecule has 0 unspecified atom stereocenters. The second-order valence-corrected chi connectivity index (χ2v) is 8.56. The predicted molar refractivity (Wildman–Crippen MR) is 109 cm³/mol. The maximum Gasteiger partial charge on any atom is 0.263 e. The number of carbonyl (C=O) groups is 1. The molecule has 1 aromatic carbocycles. The van der Waals surface area contributed by atoms with Gasteiger partial charge in [0.05, 0.1) is 17.4 Å². The van der Waals surface area contributed by atoms with Crippen LogP contribution < -0.4 is 11.1 Å². The van der Waals surface area contributed by atoms with Crippen molar-refractivity contribution in [2.45, 2.75) is 39.7 Å². The summed E-state index contributed by atoms with van der Waals surface area (Å²) in [5, 5.41) is 3.83. The van der Waals surface area contributed by atoms with Gasteiger partial charge in [0.1, 0.15) is 10.6 Å². The summed E-state index contributed by atoms with van der Waals surface area (Å²) in [7, 11) is 0. The Kier molecular flexibility index (Phi) is 5.42. The van der Waals surface area contributed by atoms with Crippen LogP contribution in [0.5, 0.6) is 0 Å². The van der Waals surface area contributed by atoms with Gasteiger partial charge in [-0.3, -0.25) is 4.79 Å². The number of nitrogens with one attached hydrogen (secondary N) is 1. The van der Waals surface area contributed by atoms with E-state index in [9.17, 15) is 9.18 Å². The molecule has 2 heterocycles. The van der Waals surface area contributed by atoms with Crippen molar-refractivity contribution in [3.05, 3.63) is 57.4 Å². The number of amides is 1. The van der Waals surface area contributed by atoms with Crippen LogP contribution in [-0.2, 0) is 12.0 Å². The molecule has 2 aromatic heterocycles. The number of anilines is 1. The van der Waals surface area contributed by atoms with Gasteiger partial charge in [0.25, 0.3) is 5.91 Å². The minimum Gasteiger partial charge on any atom is -0.368 e. The molecule has 3 N–H and O–H groups in total. The molecular weight excluding hydrogens is 377 g/mol. The van der Waals surface area contributed by atoms with Gasteiger partial charge in [-0.1, -0.05) is 32.9 Å². The molecule has 146 valence electrons. The lowest BCUT2D eigenvalue weighted by molar-refractivity contribution is 0.0954. The van der Waals surface area contributed by atoms with Crippen molar-refractivity contribution < 1.29 is 9.18 Å². The number of aromatic nitrogens is 3. The van der Waals surface area contributed by atoms with Crippen LogP contribution >= 0.6 is 11.3 Å². The zero-order valence-electron chi connectivity index (χ0n) is 16.2. The lowest BCUT2D eigenvalue weighted by Gasteiger charge is -2.13. The van der Waals surface area contributed by atoms with Crippen LogP contribution in [0, 0.1) is 12.7 Å². The predicted octanol–water partition coefficient (Wildman–Crippen LogP) is 3.86. The maximum absolute atomic E-state index is 14.0. The average Bonchev–Trinajstić information content (AvgIpc) is 3.13. The van der Waals surface area contributed by atoms with Crippen molar-refractivity contribution in [3.63, 3.8) is 0 Å². The molecule has 0 aliphatic heterocycles. The summed E-state index contributed by atoms with van der Waals surface area (Å²) in [6.45, 7) is 8.45. The molecule has 0 aliphatic rings. The van der Waals surface area contributed by atoms with Gasteiger partial charge in [0.15, 0.2) is 5.82 Å². The zero-order valence-corrected chi connectivity index (χ0v) is 17.0. The number of carbonyl (C=O) groups excluding carboxylic acids is 1. The van der Waals surface area contributed by atoms with Gasteiger partial charge in [-0.15, -0.1) is 11.3 Å². The number of nitrogens with two attached hydrogens (primary N) is 1. The Bertz CT molecular complexity index is 1030. The molecule has 0 radical (unpaired) electrons. The highest BCUT2D eigenvalue weighted by Gasteiger charge is 2.20. The Balaban J connectivity index is 1.72. The number of halogens is 1. The first kappa shape index (κ1) is 19.9. The van der Waals surface area contributed by atoms with Crippen LogP contribution in [0.4, 0.5) is 10.3 Å². The fraction of sp³-hybridized carbons (Fsp3) is 0.300. The van der Waals surface area contributed by atoms with Gasteiger partial charge < -0.3 is 11.1 Å². The molecule has 0 atom stereocenters. The van der Waals surface area contributed by atoms with E-state index in [2.05, 4.69) is 41.0 Å². The summed E-state index contributed by atoms with van der Waals surface area (Å²) in [6.07, 6.45) is 2.67. The number of aryl methyl sites for hydroxylation is 1. The van der Waals surface area contributed by atoms with E-state index in [4.69, 9.17) is 5.73 Å². The van der Waals surface area contributed by atoms with E-state index >= 15 is 0 Å². The normalized spacial score (nSPS) is 11.5. The van der Waals surface area contributed by atoms with Crippen molar-refractivity contribution >= 4 is 23.2 Å². The van der Waals surface area contributed by atoms with E-state index < -0.39 is 5.82 Å². The third-order valence-corrected chi connectivity index (χ3v) is 5.61. The molecule has 0 spiro atoms. The first-order valence-corrected chi connectivity index (χ1v) is 9.59. The van der Waals surface area contributed by atoms with Gasteiger partial charge in [0, 0.05) is 17.5 Å². The highest BCUT2D eigenvalue weighted by Crippen LogP contribution is 2.27. The SMILES string of the molecule is Cc1cc(-c2nc(N)ncc2F)ccc1CNC(=O)c1cnc(C(C)(C)C)s1. The minimum absolute atomic E-state index is 0.0181. The quantitative estimate of drug-likeness (QED) is 0.695. The molecule has 0 saturated heterocycles. The van der Waals surface area contributed by atoms with E-state index in [0.717, 1.165) is 22.3 Å². The molecule has 1 amide bonds. The van der Waals surface area contributed by atoms with E-state index in [1.54, 1.807) is 12.3 Å². The molecule has 0 aliphatic carbocycles. The summed E-state index contributed by atoms with van der Waals surface area (Å²) >= 11 is 1.40. The van der Waals surface area contributed by atoms with Crippen LogP contribution in [0.25, 0.3) is 11.3 Å². The summed E-state index contributed by atoms with van der Waals surface area (Å²) in [5.74, 6) is -0.676. The van der Waals surface area contributed by atoms with Crippen molar-refractivity contribution in [1.29, 1.82) is 0 Å². The number of rotatable bonds is 4. The summed E-state index contributed by atoms with van der Waals surface area (Å²) < 4.78 is 14.0. The molecule has 3 aromatic rings. The second-order valence-electron chi connectivity index (χ2n) is 7.53. The highest BCUT2D eigenvalue weighted by atomic mass is 32.1. The highest BCUT2D eigenvalue weighted by molar-refractivity contribution is 7.13. The van der Waals surface area contributed by atoms with Crippen molar-refractivity contribution in [2.24, 2.45) is 0 Å². The van der Waals surface area contributed by atoms with Crippen LogP contribution in [-0.4, -0.2) is 20.9 Å². The zero-order chi connectivity index (χ0) is 20.5. The third kappa shape index (κ3) is 4.33. The van der Waals surface area contributed by atoms with Gasteiger partial charge in [-0.05, 0) is 24.1 Å². The van der Waals surface area contributed by atoms with E-state index in [0.29, 0.717) is 17.0 Å². The molecule has 0 saturated carbocycles. The van der Waals surface area contributed by atoms with Crippen molar-refractivity contribution in [2.75, 3.05) is 5.73 Å². The van der Waals surface area contributed by atoms with E-state index in [1.165, 1.54) is 11.3 Å². The minimum atomic E-state index is -0.533. The number of benzene rings is 1. The Morgan fingerprint density at radius 2 is 2.00 bits per heavy atom. The molecular formula is C20H22FN5OS. The standard InChI is InChI=1S/C20H22FN5OS/c1-11-7-12(16-14(21)9-25-19(22)26-16)5-6-13(11)8-23-17(27)15-10-24-18(28-15)20(2,3)4/h5-7,9-10H,8H2,1-4H3,(H,23,27)(H2,22,25,26). The lowest BCUT2D eigenvalue weighted by Crippen LogP contribution is -2.22. The van der Waals surface area contributed by atoms with Gasteiger partial charge in [-0.2, -0.15) is 0 Å². The fourth-order valence-corrected chi connectivity index (χ4v) is 3.50. The van der Waals surface area contributed by atoms with Gasteiger partial charge in [-0.25, -0.2) is 19.3 Å². The Hall–Kier alpha value is -2.87. The molecule has 6 nitrogen and oxygen atoms in total. The summed E-state index contributed by atoms with van der Waals surface area (Å²) in [6, 6.07) is 5.41. The van der Waals surface area contributed by atoms with Crippen molar-refractivity contribution in [3.8, 4) is 11.3 Å². The number of hydrogen-bond donors (Lipinski definition) is 2. The number of hydrogen-bond acceptors (Lipinski definition) is 6. The number of thiazole rings is 1. The Morgan fingerprint density at radius 1 is 1.25 bits per heavy atom. The molecule has 28 heavy (non-hydrogen) atoms. The van der Waals surface area contributed by atoms with Gasteiger partial charge >= 0.3 is 0 Å². The Morgan fingerprint density at radius 3 is 2.64 bits per heavy atom. The van der Waals surface area contributed by atoms with Crippen LogP contribution in [0.15, 0.2) is 30.6 Å². The fourth-order valence-electron chi connectivity index (χ4n) is 2.61. The molecule has 8 heteroatoms. The molecule has 3 rings (SSSR count). The van der Waals surface area contributed by atoms with E-state index in [1.807, 2.05) is 19.1 Å². The maximum atomic E-state index is 14.0. The summed E-state index contributed by atoms with van der Waals surface area (Å²) in [4.78, 5) is 24.9. The number of nitrogen functional groups attached to an aromatic ring is 1. The monoisotopic (exact) mass is 399 g/mol. The average molecular weight is 399 g/mol. The second kappa shape index (κ2) is 7.63. The topological polar surface area (TPSA) is 93.8 Å². The summed E-state index contributed by atoms with van der Waals surface area (Å²) in [5.41, 5.74) is 8.08. The van der Waals surface area contributed by atoms with Crippen molar-refractivity contribution in [1.82, 2.24) is 20.3 Å². The Labute approximate surface area is 167 Å². The van der Waals surface area contributed by atoms with E-state index in [-0.39, 0.29) is 23.0 Å². The van der Waals surface area contributed by atoms with Crippen LogP contribution in [0.1, 0.15) is 46.6 Å². The molecule has 0 fully saturated rings. The van der Waals surface area contributed by atoms with Crippen LogP contribution in [0.3, 0.4) is 0 Å². The van der Waals surface area contributed by atoms with Crippen LogP contribution in [0.2, 0.25) is 0 Å². The third-order valence-electron chi connectivity index (χ3n) is 4.19. The van der Waals surface area contributed by atoms with Gasteiger partial charge in [0.2, 0.25) is 5.95 Å².